The molecule has 0 aromatic heterocycles. The minimum atomic E-state index is -0.109. The lowest BCUT2D eigenvalue weighted by Gasteiger charge is -2.37. The number of rotatable bonds is 5. The van der Waals surface area contributed by atoms with Crippen LogP contribution in [0.4, 0.5) is 0 Å². The van der Waals surface area contributed by atoms with Gasteiger partial charge in [-0.15, -0.1) is 0 Å². The van der Waals surface area contributed by atoms with Gasteiger partial charge in [-0.05, 0) is 37.8 Å². The fraction of sp³-hybridized carbons (Fsp3) is 0.696. The van der Waals surface area contributed by atoms with Crippen molar-refractivity contribution < 1.29 is 14.3 Å². The van der Waals surface area contributed by atoms with Gasteiger partial charge in [0, 0.05) is 32.0 Å². The number of carbonyl (C=O) groups is 1. The summed E-state index contributed by atoms with van der Waals surface area (Å²) in [7, 11) is 3.98. The predicted molar refractivity (Wildman–Crippen MR) is 106 cm³/mol. The van der Waals surface area contributed by atoms with E-state index in [0.717, 1.165) is 37.7 Å². The van der Waals surface area contributed by atoms with Crippen molar-refractivity contribution in [3.63, 3.8) is 0 Å². The third-order valence-corrected chi connectivity index (χ3v) is 7.19. The van der Waals surface area contributed by atoms with E-state index in [2.05, 4.69) is 24.1 Å². The van der Waals surface area contributed by atoms with Crippen molar-refractivity contribution in [3.05, 3.63) is 35.9 Å². The number of hydrogen-bond donors (Lipinski definition) is 0. The van der Waals surface area contributed by atoms with Gasteiger partial charge in [-0.3, -0.25) is 9.69 Å². The molecule has 2 heterocycles. The number of benzene rings is 1. The van der Waals surface area contributed by atoms with Crippen molar-refractivity contribution in [2.45, 2.75) is 81.6 Å². The van der Waals surface area contributed by atoms with E-state index in [1.807, 2.05) is 18.2 Å². The van der Waals surface area contributed by atoms with Gasteiger partial charge in [0.15, 0.2) is 0 Å². The molecule has 1 aromatic rings. The number of carbonyl (C=O) groups excluding carboxylic acids is 1. The smallest absolute Gasteiger partial charge is 0.313 e. The number of fused-ring (bicyclic) bond motifs is 2. The van der Waals surface area contributed by atoms with E-state index in [0.29, 0.717) is 18.0 Å². The number of nitrogens with zero attached hydrogens (tertiary/aromatic N) is 1. The fourth-order valence-electron chi connectivity index (χ4n) is 5.69. The molecule has 3 fully saturated rings. The molecule has 2 unspecified atom stereocenters. The molecule has 148 valence electrons. The van der Waals surface area contributed by atoms with E-state index < -0.39 is 0 Å². The molecule has 2 bridgehead atoms. The van der Waals surface area contributed by atoms with Crippen LogP contribution in [-0.4, -0.2) is 49.3 Å². The molecule has 2 aliphatic heterocycles. The zero-order valence-electron chi connectivity index (χ0n) is 16.7. The number of hydrogen-bond acceptors (Lipinski definition) is 4. The van der Waals surface area contributed by atoms with Gasteiger partial charge >= 0.3 is 5.97 Å². The van der Waals surface area contributed by atoms with Crippen LogP contribution in [0.25, 0.3) is 0 Å². The average Bonchev–Trinajstić information content (AvgIpc) is 2.87. The van der Waals surface area contributed by atoms with Crippen molar-refractivity contribution in [2.24, 2.45) is 5.92 Å². The summed E-state index contributed by atoms with van der Waals surface area (Å²) in [6.07, 6.45) is 9.21. The summed E-state index contributed by atoms with van der Waals surface area (Å²) in [5.74, 6) is 0.307. The third kappa shape index (κ3) is 3.93. The molecule has 0 N–H and O–H groups in total. The van der Waals surface area contributed by atoms with Crippen molar-refractivity contribution >= 4 is 5.97 Å². The molecule has 0 amide bonds. The molecule has 0 spiro atoms. The quantitative estimate of drug-likeness (QED) is 0.729. The Labute approximate surface area is 163 Å². The molecular formula is C23H33NO3. The summed E-state index contributed by atoms with van der Waals surface area (Å²) in [4.78, 5) is 15.7. The summed E-state index contributed by atoms with van der Waals surface area (Å²) >= 11 is 0. The highest BCUT2D eigenvalue weighted by Gasteiger charge is 2.46. The van der Waals surface area contributed by atoms with Crippen molar-refractivity contribution in [2.75, 3.05) is 14.2 Å². The molecule has 1 saturated carbocycles. The second-order valence-electron chi connectivity index (χ2n) is 8.71. The summed E-state index contributed by atoms with van der Waals surface area (Å²) in [6, 6.07) is 11.1. The molecule has 2 saturated heterocycles. The molecule has 5 atom stereocenters. The molecule has 27 heavy (non-hydrogen) atoms. The number of piperidine rings is 1. The van der Waals surface area contributed by atoms with Gasteiger partial charge in [-0.25, -0.2) is 0 Å². The number of ether oxygens (including phenoxy) is 2. The predicted octanol–water partition coefficient (Wildman–Crippen LogP) is 4.14. The van der Waals surface area contributed by atoms with E-state index in [1.54, 1.807) is 7.11 Å². The Morgan fingerprint density at radius 3 is 2.52 bits per heavy atom. The normalized spacial score (nSPS) is 33.0. The molecule has 0 radical (unpaired) electrons. The first-order chi connectivity index (χ1) is 13.2. The van der Waals surface area contributed by atoms with Crippen LogP contribution >= 0.6 is 0 Å². The largest absolute Gasteiger partial charge is 0.462 e. The Balaban J connectivity index is 1.47. The first-order valence-corrected chi connectivity index (χ1v) is 10.7. The minimum absolute atomic E-state index is 0.00369. The van der Waals surface area contributed by atoms with Gasteiger partial charge in [0.1, 0.15) is 6.10 Å². The van der Waals surface area contributed by atoms with Crippen molar-refractivity contribution in [3.8, 4) is 0 Å². The maximum Gasteiger partial charge on any atom is 0.313 e. The van der Waals surface area contributed by atoms with Gasteiger partial charge in [-0.2, -0.15) is 0 Å². The average molecular weight is 372 g/mol. The molecule has 1 aliphatic carbocycles. The lowest BCUT2D eigenvalue weighted by Crippen LogP contribution is -2.46. The second kappa shape index (κ2) is 8.32. The van der Waals surface area contributed by atoms with Crippen LogP contribution in [0.1, 0.15) is 62.8 Å². The fourth-order valence-corrected chi connectivity index (χ4v) is 5.69. The standard InChI is InChI=1S/C23H33NO3/c1-24-18-13-19(15-20(24)21(14-18)26-2)27-23(25)22(16-9-5-3-6-10-16)17-11-7-4-8-12-17/h3,5-6,9-10,17-22H,4,7-8,11-15H2,1-2H3/t18-,19+,20+,21?,22?/m1/s1. The summed E-state index contributed by atoms with van der Waals surface area (Å²) in [5.41, 5.74) is 1.13. The Morgan fingerprint density at radius 1 is 1.07 bits per heavy atom. The van der Waals surface area contributed by atoms with Crippen LogP contribution < -0.4 is 0 Å². The van der Waals surface area contributed by atoms with Gasteiger partial charge in [0.05, 0.1) is 12.0 Å². The van der Waals surface area contributed by atoms with Gasteiger partial charge in [0.2, 0.25) is 0 Å². The maximum absolute atomic E-state index is 13.3. The first kappa shape index (κ1) is 18.9. The molecule has 1 aromatic carbocycles. The van der Waals surface area contributed by atoms with Crippen LogP contribution in [-0.2, 0) is 14.3 Å². The van der Waals surface area contributed by atoms with Crippen molar-refractivity contribution in [1.82, 2.24) is 4.90 Å². The Kier molecular flexibility index (Phi) is 5.84. The third-order valence-electron chi connectivity index (χ3n) is 7.19. The van der Waals surface area contributed by atoms with E-state index in [-0.39, 0.29) is 24.1 Å². The second-order valence-corrected chi connectivity index (χ2v) is 8.71. The monoisotopic (exact) mass is 371 g/mol. The Hall–Kier alpha value is -1.39. The lowest BCUT2D eigenvalue weighted by molar-refractivity contribution is -0.156. The zero-order valence-corrected chi connectivity index (χ0v) is 16.7. The minimum Gasteiger partial charge on any atom is -0.462 e. The van der Waals surface area contributed by atoms with Crippen LogP contribution in [0.3, 0.4) is 0 Å². The highest BCUT2D eigenvalue weighted by atomic mass is 16.5. The maximum atomic E-state index is 13.3. The number of esters is 1. The van der Waals surface area contributed by atoms with Crippen LogP contribution in [0, 0.1) is 5.92 Å². The Bertz CT molecular complexity index is 628. The highest BCUT2D eigenvalue weighted by molar-refractivity contribution is 5.78. The van der Waals surface area contributed by atoms with Gasteiger partial charge in [0.25, 0.3) is 0 Å². The van der Waals surface area contributed by atoms with Crippen molar-refractivity contribution in [1.29, 1.82) is 0 Å². The summed E-state index contributed by atoms with van der Waals surface area (Å²) < 4.78 is 11.8. The SMILES string of the molecule is COC1C[C@H]2C[C@H](OC(=O)C(c3ccccc3)C3CCCCC3)C[C@@H]1N2C. The molecule has 4 rings (SSSR count). The lowest BCUT2D eigenvalue weighted by atomic mass is 9.77. The van der Waals surface area contributed by atoms with E-state index in [9.17, 15) is 4.79 Å². The topological polar surface area (TPSA) is 38.8 Å². The Morgan fingerprint density at radius 2 is 1.81 bits per heavy atom. The first-order valence-electron chi connectivity index (χ1n) is 10.7. The van der Waals surface area contributed by atoms with Crippen LogP contribution in [0.2, 0.25) is 0 Å². The van der Waals surface area contributed by atoms with Crippen LogP contribution in [0.5, 0.6) is 0 Å². The van der Waals surface area contributed by atoms with Crippen LogP contribution in [0.15, 0.2) is 30.3 Å². The molecule has 4 nitrogen and oxygen atoms in total. The highest BCUT2D eigenvalue weighted by Crippen LogP contribution is 2.40. The zero-order chi connectivity index (χ0) is 18.8. The summed E-state index contributed by atoms with van der Waals surface area (Å²) in [5, 5.41) is 0. The summed E-state index contributed by atoms with van der Waals surface area (Å²) in [6.45, 7) is 0. The van der Waals surface area contributed by atoms with E-state index in [1.165, 1.54) is 19.3 Å². The molecule has 3 aliphatic rings. The van der Waals surface area contributed by atoms with Gasteiger partial charge < -0.3 is 9.47 Å². The molecular weight excluding hydrogens is 338 g/mol. The van der Waals surface area contributed by atoms with E-state index in [4.69, 9.17) is 9.47 Å². The number of likely N-dealkylation sites (N-methyl/N-ethyl adjacent to an activating group) is 1. The van der Waals surface area contributed by atoms with Gasteiger partial charge in [-0.1, -0.05) is 49.6 Å². The number of methoxy groups -OCH3 is 1. The van der Waals surface area contributed by atoms with E-state index >= 15 is 0 Å². The molecule has 4 heteroatoms.